The lowest BCUT2D eigenvalue weighted by Gasteiger charge is -2.06. The summed E-state index contributed by atoms with van der Waals surface area (Å²) in [7, 11) is 0. The minimum Gasteiger partial charge on any atom is -0.424 e. The predicted molar refractivity (Wildman–Crippen MR) is 72.1 cm³/mol. The van der Waals surface area contributed by atoms with Gasteiger partial charge in [0.25, 0.3) is 0 Å². The van der Waals surface area contributed by atoms with Crippen molar-refractivity contribution >= 4 is 23.2 Å². The zero-order valence-electron chi connectivity index (χ0n) is 10.7. The number of hydrogen-bond donors (Lipinski definition) is 1. The maximum absolute atomic E-state index is 13.5. The molecule has 0 saturated heterocycles. The largest absolute Gasteiger partial charge is 0.424 e. The summed E-state index contributed by atoms with van der Waals surface area (Å²) in [5.74, 6) is -0.817. The monoisotopic (exact) mass is 313 g/mol. The van der Waals surface area contributed by atoms with Crippen LogP contribution in [0.3, 0.4) is 0 Å². The number of nitrogens with one attached hydrogen (secondary N) is 1. The lowest BCUT2D eigenvalue weighted by molar-refractivity contribution is -0.387. The van der Waals surface area contributed by atoms with E-state index in [1.165, 1.54) is 6.07 Å². The van der Waals surface area contributed by atoms with E-state index in [9.17, 15) is 14.5 Å². The summed E-state index contributed by atoms with van der Waals surface area (Å²) in [5.41, 5.74) is -0.649. The molecule has 0 aliphatic rings. The number of aromatic nitrogens is 3. The highest BCUT2D eigenvalue weighted by Crippen LogP contribution is 2.25. The highest BCUT2D eigenvalue weighted by molar-refractivity contribution is 6.28. The molecule has 0 aliphatic heterocycles. The molecule has 2 rings (SSSR count). The van der Waals surface area contributed by atoms with Crippen molar-refractivity contribution in [2.45, 2.75) is 6.92 Å². The Bertz CT molecular complexity index is 685. The van der Waals surface area contributed by atoms with E-state index in [2.05, 4.69) is 20.3 Å². The van der Waals surface area contributed by atoms with E-state index in [4.69, 9.17) is 16.3 Å². The molecule has 10 heteroatoms. The minimum absolute atomic E-state index is 0.00261. The number of benzene rings is 1. The summed E-state index contributed by atoms with van der Waals surface area (Å²) in [4.78, 5) is 21.1. The van der Waals surface area contributed by atoms with Gasteiger partial charge in [-0.25, -0.2) is 0 Å². The molecule has 1 aromatic heterocycles. The molecule has 2 aromatic rings. The molecule has 0 atom stereocenters. The van der Waals surface area contributed by atoms with Crippen LogP contribution in [0.2, 0.25) is 5.28 Å². The van der Waals surface area contributed by atoms with Gasteiger partial charge in [0.05, 0.1) is 4.92 Å². The number of anilines is 1. The third-order valence-corrected chi connectivity index (χ3v) is 2.42. The van der Waals surface area contributed by atoms with E-state index < -0.39 is 16.4 Å². The van der Waals surface area contributed by atoms with Crippen LogP contribution in [-0.4, -0.2) is 26.4 Å². The van der Waals surface area contributed by atoms with Crippen molar-refractivity contribution < 1.29 is 14.1 Å². The molecule has 0 spiro atoms. The number of nitro groups is 1. The van der Waals surface area contributed by atoms with Gasteiger partial charge >= 0.3 is 11.7 Å². The first kappa shape index (κ1) is 14.9. The Kier molecular flexibility index (Phi) is 4.43. The van der Waals surface area contributed by atoms with Gasteiger partial charge in [-0.15, -0.1) is 0 Å². The van der Waals surface area contributed by atoms with Crippen LogP contribution in [0.1, 0.15) is 6.92 Å². The van der Waals surface area contributed by atoms with Gasteiger partial charge in [-0.05, 0) is 24.6 Å². The van der Waals surface area contributed by atoms with E-state index >= 15 is 0 Å². The molecule has 1 N–H and O–H groups in total. The van der Waals surface area contributed by atoms with Crippen LogP contribution in [0.15, 0.2) is 18.2 Å². The van der Waals surface area contributed by atoms with Gasteiger partial charge in [-0.3, -0.25) is 10.1 Å². The summed E-state index contributed by atoms with van der Waals surface area (Å²) in [5, 5.41) is 13.2. The Labute approximate surface area is 123 Å². The van der Waals surface area contributed by atoms with Crippen molar-refractivity contribution in [3.8, 4) is 11.8 Å². The number of hydrogen-bond acceptors (Lipinski definition) is 7. The number of nitro benzene ring substituents is 1. The molecule has 0 unspecified atom stereocenters. The molecule has 0 saturated carbocycles. The molecule has 1 aromatic carbocycles. The van der Waals surface area contributed by atoms with Crippen LogP contribution in [0.5, 0.6) is 11.8 Å². The summed E-state index contributed by atoms with van der Waals surface area (Å²) in [6, 6.07) is 2.92. The maximum Gasteiger partial charge on any atom is 0.328 e. The Morgan fingerprint density at radius 2 is 2.19 bits per heavy atom. The van der Waals surface area contributed by atoms with Crippen LogP contribution in [-0.2, 0) is 0 Å². The molecule has 8 nitrogen and oxygen atoms in total. The van der Waals surface area contributed by atoms with Gasteiger partial charge in [-0.2, -0.15) is 19.3 Å². The first-order valence-corrected chi connectivity index (χ1v) is 6.14. The van der Waals surface area contributed by atoms with Crippen molar-refractivity contribution in [2.75, 3.05) is 11.9 Å². The average Bonchev–Trinajstić information content (AvgIpc) is 2.37. The van der Waals surface area contributed by atoms with Crippen molar-refractivity contribution in [3.05, 3.63) is 39.4 Å². The fourth-order valence-electron chi connectivity index (χ4n) is 1.42. The molecule has 0 radical (unpaired) electrons. The summed E-state index contributed by atoms with van der Waals surface area (Å²) >= 11 is 5.70. The van der Waals surface area contributed by atoms with Crippen LogP contribution < -0.4 is 10.1 Å². The van der Waals surface area contributed by atoms with E-state index in [0.717, 1.165) is 12.1 Å². The lowest BCUT2D eigenvalue weighted by atomic mass is 10.3. The van der Waals surface area contributed by atoms with E-state index in [1.807, 2.05) is 6.92 Å². The fourth-order valence-corrected chi connectivity index (χ4v) is 1.57. The maximum atomic E-state index is 13.5. The average molecular weight is 314 g/mol. The second kappa shape index (κ2) is 6.27. The van der Waals surface area contributed by atoms with Crippen LogP contribution in [0, 0.1) is 15.9 Å². The lowest BCUT2D eigenvalue weighted by Crippen LogP contribution is -2.05. The zero-order chi connectivity index (χ0) is 15.4. The Morgan fingerprint density at radius 1 is 1.43 bits per heavy atom. The topological polar surface area (TPSA) is 103 Å². The van der Waals surface area contributed by atoms with Gasteiger partial charge in [-0.1, -0.05) is 0 Å². The number of ether oxygens (including phenoxy) is 1. The van der Waals surface area contributed by atoms with Crippen molar-refractivity contribution in [3.63, 3.8) is 0 Å². The second-order valence-corrected chi connectivity index (χ2v) is 4.05. The molecule has 0 bridgehead atoms. The summed E-state index contributed by atoms with van der Waals surface area (Å²) < 4.78 is 18.7. The van der Waals surface area contributed by atoms with E-state index in [1.54, 1.807) is 0 Å². The predicted octanol–water partition coefficient (Wildman–Crippen LogP) is 2.80. The first-order chi connectivity index (χ1) is 9.99. The van der Waals surface area contributed by atoms with Gasteiger partial charge < -0.3 is 10.1 Å². The van der Waals surface area contributed by atoms with Gasteiger partial charge in [0.15, 0.2) is 0 Å². The van der Waals surface area contributed by atoms with Crippen molar-refractivity contribution in [1.29, 1.82) is 0 Å². The smallest absolute Gasteiger partial charge is 0.328 e. The van der Waals surface area contributed by atoms with Crippen LogP contribution in [0.25, 0.3) is 0 Å². The number of rotatable bonds is 5. The molecule has 110 valence electrons. The highest BCUT2D eigenvalue weighted by atomic mass is 35.5. The molecule has 1 heterocycles. The molecular weight excluding hydrogens is 305 g/mol. The zero-order valence-corrected chi connectivity index (χ0v) is 11.5. The molecule has 21 heavy (non-hydrogen) atoms. The normalized spacial score (nSPS) is 10.2. The standard InChI is InChI=1S/C11H9ClFN5O3/c1-2-14-10-15-9(12)16-11(17-10)21-6-3-4-8(18(19)20)7(13)5-6/h3-5H,2H2,1H3,(H,14,15,16,17). The van der Waals surface area contributed by atoms with Gasteiger partial charge in [0, 0.05) is 18.7 Å². The molecular formula is C11H9ClFN5O3. The highest BCUT2D eigenvalue weighted by Gasteiger charge is 2.15. The fraction of sp³-hybridized carbons (Fsp3) is 0.182. The van der Waals surface area contributed by atoms with E-state index in [-0.39, 0.29) is 23.0 Å². The SMILES string of the molecule is CCNc1nc(Cl)nc(Oc2ccc([N+](=O)[O-])c(F)c2)n1. The molecule has 0 amide bonds. The number of halogens is 2. The quantitative estimate of drug-likeness (QED) is 0.668. The Hall–Kier alpha value is -2.55. The third kappa shape index (κ3) is 3.72. The number of nitrogens with zero attached hydrogens (tertiary/aromatic N) is 4. The minimum atomic E-state index is -1.02. The Balaban J connectivity index is 2.25. The van der Waals surface area contributed by atoms with Gasteiger partial charge in [0.1, 0.15) is 5.75 Å². The van der Waals surface area contributed by atoms with Crippen LogP contribution >= 0.6 is 11.6 Å². The second-order valence-electron chi connectivity index (χ2n) is 3.71. The van der Waals surface area contributed by atoms with E-state index in [0.29, 0.717) is 6.54 Å². The molecule has 0 fully saturated rings. The van der Waals surface area contributed by atoms with Crippen LogP contribution in [0.4, 0.5) is 16.0 Å². The van der Waals surface area contributed by atoms with Crippen molar-refractivity contribution in [1.82, 2.24) is 15.0 Å². The summed E-state index contributed by atoms with van der Waals surface area (Å²) in [6.07, 6.45) is 0. The summed E-state index contributed by atoms with van der Waals surface area (Å²) in [6.45, 7) is 2.40. The Morgan fingerprint density at radius 3 is 2.81 bits per heavy atom. The third-order valence-electron chi connectivity index (χ3n) is 2.25. The molecule has 0 aliphatic carbocycles. The van der Waals surface area contributed by atoms with Gasteiger partial charge in [0.2, 0.25) is 17.0 Å². The van der Waals surface area contributed by atoms with Crippen molar-refractivity contribution in [2.24, 2.45) is 0 Å². The first-order valence-electron chi connectivity index (χ1n) is 5.77.